The zero-order valence-electron chi connectivity index (χ0n) is 11.0. The summed E-state index contributed by atoms with van der Waals surface area (Å²) in [4.78, 5) is 0. The van der Waals surface area contributed by atoms with Crippen LogP contribution in [-0.2, 0) is 19.1 Å². The third kappa shape index (κ3) is 3.39. The summed E-state index contributed by atoms with van der Waals surface area (Å²) in [6.45, 7) is 1.88. The van der Waals surface area contributed by atoms with Gasteiger partial charge >= 0.3 is 6.18 Å². The minimum Gasteiger partial charge on any atom is -0.396 e. The lowest BCUT2D eigenvalue weighted by atomic mass is 10.1. The molecule has 0 aliphatic heterocycles. The molecule has 3 nitrogen and oxygen atoms in total. The Bertz CT molecular complexity index is 573. The van der Waals surface area contributed by atoms with E-state index in [0.29, 0.717) is 0 Å². The first-order valence-corrected chi connectivity index (χ1v) is 6.20. The Morgan fingerprint density at radius 2 is 1.85 bits per heavy atom. The molecule has 0 spiro atoms. The number of hydrogen-bond donors (Lipinski definition) is 1. The summed E-state index contributed by atoms with van der Waals surface area (Å²) in [6.07, 6.45) is -3.20. The second kappa shape index (κ2) is 5.66. The van der Waals surface area contributed by atoms with Crippen LogP contribution in [0.1, 0.15) is 22.4 Å². The fourth-order valence-electron chi connectivity index (χ4n) is 1.97. The van der Waals surface area contributed by atoms with Crippen LogP contribution in [0.5, 0.6) is 0 Å². The zero-order chi connectivity index (χ0) is 14.8. The molecule has 0 saturated carbocycles. The maximum atomic E-state index is 12.8. The minimum absolute atomic E-state index is 0.0205. The van der Waals surface area contributed by atoms with Crippen LogP contribution >= 0.6 is 0 Å². The summed E-state index contributed by atoms with van der Waals surface area (Å²) in [5.74, 6) is 0. The van der Waals surface area contributed by atoms with E-state index in [9.17, 15) is 13.2 Å². The molecule has 0 amide bonds. The largest absolute Gasteiger partial charge is 0.435 e. The van der Waals surface area contributed by atoms with Crippen molar-refractivity contribution in [1.29, 1.82) is 0 Å². The molecular formula is C14H15F3N2O. The lowest BCUT2D eigenvalue weighted by molar-refractivity contribution is -0.142. The van der Waals surface area contributed by atoms with E-state index in [-0.39, 0.29) is 25.1 Å². The quantitative estimate of drug-likeness (QED) is 0.937. The molecule has 2 aromatic rings. The number of benzene rings is 1. The third-order valence-corrected chi connectivity index (χ3v) is 2.95. The maximum Gasteiger partial charge on any atom is 0.435 e. The highest BCUT2D eigenvalue weighted by atomic mass is 19.4. The highest BCUT2D eigenvalue weighted by molar-refractivity contribution is 5.24. The molecule has 6 heteroatoms. The van der Waals surface area contributed by atoms with Gasteiger partial charge in [-0.3, -0.25) is 4.68 Å². The zero-order valence-corrected chi connectivity index (χ0v) is 11.0. The van der Waals surface area contributed by atoms with E-state index in [1.807, 2.05) is 31.2 Å². The van der Waals surface area contributed by atoms with Crippen molar-refractivity contribution >= 4 is 0 Å². The van der Waals surface area contributed by atoms with Crippen molar-refractivity contribution in [3.8, 4) is 0 Å². The van der Waals surface area contributed by atoms with E-state index >= 15 is 0 Å². The van der Waals surface area contributed by atoms with E-state index in [1.165, 1.54) is 10.9 Å². The minimum atomic E-state index is -4.50. The Balaban J connectivity index is 2.26. The first-order chi connectivity index (χ1) is 9.40. The molecule has 20 heavy (non-hydrogen) atoms. The molecule has 0 unspecified atom stereocenters. The van der Waals surface area contributed by atoms with Gasteiger partial charge in [-0.1, -0.05) is 29.8 Å². The molecule has 0 aliphatic carbocycles. The normalized spacial score (nSPS) is 11.8. The molecule has 0 radical (unpaired) electrons. The molecule has 1 heterocycles. The van der Waals surface area contributed by atoms with Crippen molar-refractivity contribution in [3.63, 3.8) is 0 Å². The third-order valence-electron chi connectivity index (χ3n) is 2.95. The number of alkyl halides is 3. The van der Waals surface area contributed by atoms with Gasteiger partial charge in [0.2, 0.25) is 0 Å². The van der Waals surface area contributed by atoms with Crippen LogP contribution < -0.4 is 0 Å². The van der Waals surface area contributed by atoms with Crippen molar-refractivity contribution in [2.45, 2.75) is 26.1 Å². The number of aryl methyl sites for hydroxylation is 1. The van der Waals surface area contributed by atoms with E-state index < -0.39 is 11.9 Å². The van der Waals surface area contributed by atoms with Crippen LogP contribution in [0.3, 0.4) is 0 Å². The van der Waals surface area contributed by atoms with Gasteiger partial charge in [0, 0.05) is 18.4 Å². The first-order valence-electron chi connectivity index (χ1n) is 6.20. The molecule has 108 valence electrons. The smallest absolute Gasteiger partial charge is 0.396 e. The second-order valence-corrected chi connectivity index (χ2v) is 4.66. The predicted molar refractivity (Wildman–Crippen MR) is 68.3 cm³/mol. The topological polar surface area (TPSA) is 38.0 Å². The van der Waals surface area contributed by atoms with Crippen molar-refractivity contribution in [3.05, 3.63) is 52.8 Å². The first kappa shape index (κ1) is 14.6. The van der Waals surface area contributed by atoms with Crippen LogP contribution in [-0.4, -0.2) is 21.5 Å². The molecule has 0 fully saturated rings. The Labute approximate surface area is 114 Å². The van der Waals surface area contributed by atoms with Crippen LogP contribution in [0, 0.1) is 6.92 Å². The average molecular weight is 284 g/mol. The SMILES string of the molecule is Cc1ccc(Cn2cc(CCO)c(C(F)(F)F)n2)cc1. The van der Waals surface area contributed by atoms with Crippen molar-refractivity contribution in [2.75, 3.05) is 6.61 Å². The van der Waals surface area contributed by atoms with Crippen LogP contribution in [0.25, 0.3) is 0 Å². The van der Waals surface area contributed by atoms with Gasteiger partial charge in [0.1, 0.15) is 0 Å². The standard InChI is InChI=1S/C14H15F3N2O/c1-10-2-4-11(5-3-10)8-19-9-12(6-7-20)13(18-19)14(15,16)17/h2-5,9,20H,6-8H2,1H3. The van der Waals surface area contributed by atoms with Crippen LogP contribution in [0.15, 0.2) is 30.5 Å². The Kier molecular flexibility index (Phi) is 4.13. The van der Waals surface area contributed by atoms with E-state index in [4.69, 9.17) is 5.11 Å². The second-order valence-electron chi connectivity index (χ2n) is 4.66. The maximum absolute atomic E-state index is 12.8. The number of aliphatic hydroxyl groups excluding tert-OH is 1. The number of halogens is 3. The predicted octanol–water partition coefficient (Wildman–Crippen LogP) is 2.79. The summed E-state index contributed by atoms with van der Waals surface area (Å²) in [6, 6.07) is 7.52. The van der Waals surface area contributed by atoms with E-state index in [1.54, 1.807) is 0 Å². The molecule has 0 aliphatic rings. The van der Waals surface area contributed by atoms with Gasteiger partial charge in [0.05, 0.1) is 6.54 Å². The summed E-state index contributed by atoms with van der Waals surface area (Å²) in [7, 11) is 0. The highest BCUT2D eigenvalue weighted by Crippen LogP contribution is 2.31. The van der Waals surface area contributed by atoms with Crippen molar-refractivity contribution in [1.82, 2.24) is 9.78 Å². The van der Waals surface area contributed by atoms with Gasteiger partial charge in [-0.2, -0.15) is 18.3 Å². The Hall–Kier alpha value is -1.82. The fraction of sp³-hybridized carbons (Fsp3) is 0.357. The number of hydrogen-bond acceptors (Lipinski definition) is 2. The van der Waals surface area contributed by atoms with Gasteiger partial charge in [-0.25, -0.2) is 0 Å². The van der Waals surface area contributed by atoms with Gasteiger partial charge in [0.15, 0.2) is 5.69 Å². The summed E-state index contributed by atoms with van der Waals surface area (Å²) >= 11 is 0. The summed E-state index contributed by atoms with van der Waals surface area (Å²) < 4.78 is 39.7. The van der Waals surface area contributed by atoms with Crippen molar-refractivity contribution < 1.29 is 18.3 Å². The Morgan fingerprint density at radius 3 is 2.40 bits per heavy atom. The average Bonchev–Trinajstić information content (AvgIpc) is 2.75. The van der Waals surface area contributed by atoms with Gasteiger partial charge < -0.3 is 5.11 Å². The number of nitrogens with zero attached hydrogens (tertiary/aromatic N) is 2. The van der Waals surface area contributed by atoms with E-state index in [2.05, 4.69) is 5.10 Å². The van der Waals surface area contributed by atoms with Gasteiger partial charge in [-0.05, 0) is 18.9 Å². The number of rotatable bonds is 4. The van der Waals surface area contributed by atoms with Gasteiger partial charge in [-0.15, -0.1) is 0 Å². The van der Waals surface area contributed by atoms with Gasteiger partial charge in [0.25, 0.3) is 0 Å². The highest BCUT2D eigenvalue weighted by Gasteiger charge is 2.36. The summed E-state index contributed by atoms with van der Waals surface area (Å²) in [5, 5.41) is 12.4. The molecule has 0 bridgehead atoms. The lowest BCUT2D eigenvalue weighted by Crippen LogP contribution is -2.11. The molecular weight excluding hydrogens is 269 g/mol. The molecule has 0 atom stereocenters. The molecule has 1 aromatic heterocycles. The lowest BCUT2D eigenvalue weighted by Gasteiger charge is -2.04. The monoisotopic (exact) mass is 284 g/mol. The number of aliphatic hydroxyl groups is 1. The van der Waals surface area contributed by atoms with Crippen LogP contribution in [0.4, 0.5) is 13.2 Å². The molecule has 1 aromatic carbocycles. The fourth-order valence-corrected chi connectivity index (χ4v) is 1.97. The molecule has 0 saturated heterocycles. The van der Waals surface area contributed by atoms with E-state index in [0.717, 1.165) is 11.1 Å². The Morgan fingerprint density at radius 1 is 1.20 bits per heavy atom. The molecule has 2 rings (SSSR count). The summed E-state index contributed by atoms with van der Waals surface area (Å²) in [5.41, 5.74) is 1.07. The van der Waals surface area contributed by atoms with Crippen LogP contribution in [0.2, 0.25) is 0 Å². The van der Waals surface area contributed by atoms with Crippen molar-refractivity contribution in [2.24, 2.45) is 0 Å². The molecule has 1 N–H and O–H groups in total. The number of aromatic nitrogens is 2.